The smallest absolute Gasteiger partial charge is 0.227 e. The van der Waals surface area contributed by atoms with Gasteiger partial charge in [0.05, 0.1) is 5.92 Å². The van der Waals surface area contributed by atoms with Crippen LogP contribution in [0, 0.1) is 11.8 Å². The van der Waals surface area contributed by atoms with Gasteiger partial charge >= 0.3 is 0 Å². The quantitative estimate of drug-likeness (QED) is 0.700. The second-order valence-electron chi connectivity index (χ2n) is 7.00. The first-order chi connectivity index (χ1) is 12.0. The minimum atomic E-state index is -0.269. The zero-order chi connectivity index (χ0) is 18.2. The zero-order valence-electron chi connectivity index (χ0n) is 15.6. The molecule has 0 aliphatic carbocycles. The summed E-state index contributed by atoms with van der Waals surface area (Å²) < 4.78 is 5.51. The number of rotatable bonds is 9. The summed E-state index contributed by atoms with van der Waals surface area (Å²) in [5.74, 6) is 0.250. The molecule has 0 saturated carbocycles. The van der Waals surface area contributed by atoms with Crippen LogP contribution in [-0.4, -0.2) is 38.1 Å². The number of carbonyl (C=O) groups is 2. The van der Waals surface area contributed by atoms with Gasteiger partial charge in [-0.3, -0.25) is 9.59 Å². The number of hydrogen-bond donors (Lipinski definition) is 1. The molecule has 2 amide bonds. The van der Waals surface area contributed by atoms with Gasteiger partial charge in [0.2, 0.25) is 11.8 Å². The number of benzene rings is 1. The first kappa shape index (κ1) is 19.4. The molecule has 2 rings (SSSR count). The Balaban J connectivity index is 1.80. The largest absolute Gasteiger partial charge is 0.381 e. The van der Waals surface area contributed by atoms with Gasteiger partial charge < -0.3 is 15.0 Å². The summed E-state index contributed by atoms with van der Waals surface area (Å²) in [4.78, 5) is 26.5. The van der Waals surface area contributed by atoms with E-state index in [4.69, 9.17) is 4.74 Å². The summed E-state index contributed by atoms with van der Waals surface area (Å²) in [6.45, 7) is 8.75. The van der Waals surface area contributed by atoms with Crippen molar-refractivity contribution >= 4 is 17.5 Å². The van der Waals surface area contributed by atoms with Crippen molar-refractivity contribution in [2.24, 2.45) is 11.8 Å². The number of carbonyl (C=O) groups excluding carboxylic acids is 2. The highest BCUT2D eigenvalue weighted by molar-refractivity contribution is 6.00. The molecule has 1 unspecified atom stereocenters. The Morgan fingerprint density at radius 3 is 2.84 bits per heavy atom. The highest BCUT2D eigenvalue weighted by Gasteiger charge is 2.35. The second-order valence-corrected chi connectivity index (χ2v) is 7.00. The third-order valence-electron chi connectivity index (χ3n) is 4.38. The van der Waals surface area contributed by atoms with Gasteiger partial charge in [-0.05, 0) is 30.4 Å². The predicted octanol–water partition coefficient (Wildman–Crippen LogP) is 2.78. The van der Waals surface area contributed by atoms with E-state index in [9.17, 15) is 9.59 Å². The lowest BCUT2D eigenvalue weighted by Gasteiger charge is -2.20. The molecule has 1 aliphatic rings. The van der Waals surface area contributed by atoms with Crippen molar-refractivity contribution in [1.29, 1.82) is 0 Å². The SMILES string of the molecule is CCc1ccccc1N1CC(C(=O)NCCCOCC(C)C)CC1=O. The molecule has 5 heteroatoms. The van der Waals surface area contributed by atoms with E-state index < -0.39 is 0 Å². The van der Waals surface area contributed by atoms with Crippen molar-refractivity contribution in [2.45, 2.75) is 40.0 Å². The summed E-state index contributed by atoms with van der Waals surface area (Å²) in [5, 5.41) is 2.94. The van der Waals surface area contributed by atoms with E-state index in [0.717, 1.165) is 30.7 Å². The average molecular weight is 346 g/mol. The molecule has 1 aliphatic heterocycles. The fraction of sp³-hybridized carbons (Fsp3) is 0.600. The highest BCUT2D eigenvalue weighted by atomic mass is 16.5. The average Bonchev–Trinajstić information content (AvgIpc) is 2.99. The van der Waals surface area contributed by atoms with E-state index in [-0.39, 0.29) is 24.2 Å². The summed E-state index contributed by atoms with van der Waals surface area (Å²) in [6, 6.07) is 7.91. The molecule has 25 heavy (non-hydrogen) atoms. The number of nitrogens with zero attached hydrogens (tertiary/aromatic N) is 1. The lowest BCUT2D eigenvalue weighted by Crippen LogP contribution is -2.34. The van der Waals surface area contributed by atoms with Gasteiger partial charge in [0, 0.05) is 38.4 Å². The summed E-state index contributed by atoms with van der Waals surface area (Å²) in [6.07, 6.45) is 1.95. The Kier molecular flexibility index (Phi) is 7.44. The van der Waals surface area contributed by atoms with Crippen LogP contribution in [0.2, 0.25) is 0 Å². The lowest BCUT2D eigenvalue weighted by molar-refractivity contribution is -0.126. The van der Waals surface area contributed by atoms with Crippen LogP contribution in [0.1, 0.15) is 39.2 Å². The molecule has 1 aromatic carbocycles. The third-order valence-corrected chi connectivity index (χ3v) is 4.38. The summed E-state index contributed by atoms with van der Waals surface area (Å²) >= 11 is 0. The minimum absolute atomic E-state index is 0.0290. The number of para-hydroxylation sites is 1. The van der Waals surface area contributed by atoms with Crippen LogP contribution in [0.25, 0.3) is 0 Å². The molecule has 1 heterocycles. The fourth-order valence-corrected chi connectivity index (χ4v) is 3.04. The number of nitrogens with one attached hydrogen (secondary N) is 1. The van der Waals surface area contributed by atoms with Crippen LogP contribution in [0.4, 0.5) is 5.69 Å². The van der Waals surface area contributed by atoms with E-state index >= 15 is 0 Å². The minimum Gasteiger partial charge on any atom is -0.381 e. The number of anilines is 1. The molecule has 0 aromatic heterocycles. The molecule has 0 radical (unpaired) electrons. The van der Waals surface area contributed by atoms with Crippen molar-refractivity contribution in [1.82, 2.24) is 5.32 Å². The fourth-order valence-electron chi connectivity index (χ4n) is 3.04. The first-order valence-electron chi connectivity index (χ1n) is 9.26. The molecule has 1 fully saturated rings. The van der Waals surface area contributed by atoms with E-state index in [1.54, 1.807) is 4.90 Å². The normalized spacial score (nSPS) is 17.4. The third kappa shape index (κ3) is 5.56. The molecule has 0 bridgehead atoms. The second kappa shape index (κ2) is 9.56. The number of amides is 2. The maximum atomic E-state index is 12.4. The molecule has 1 saturated heterocycles. The molecule has 1 N–H and O–H groups in total. The number of hydrogen-bond acceptors (Lipinski definition) is 3. The van der Waals surface area contributed by atoms with E-state index in [2.05, 4.69) is 26.1 Å². The van der Waals surface area contributed by atoms with Crippen molar-refractivity contribution in [3.05, 3.63) is 29.8 Å². The molecule has 1 aromatic rings. The van der Waals surface area contributed by atoms with Crippen LogP contribution < -0.4 is 10.2 Å². The van der Waals surface area contributed by atoms with Crippen LogP contribution in [0.3, 0.4) is 0 Å². The van der Waals surface area contributed by atoms with Gasteiger partial charge in [-0.2, -0.15) is 0 Å². The summed E-state index contributed by atoms with van der Waals surface area (Å²) in [7, 11) is 0. The van der Waals surface area contributed by atoms with Gasteiger partial charge in [0.25, 0.3) is 0 Å². The Hall–Kier alpha value is -1.88. The van der Waals surface area contributed by atoms with Crippen molar-refractivity contribution < 1.29 is 14.3 Å². The molecular weight excluding hydrogens is 316 g/mol. The topological polar surface area (TPSA) is 58.6 Å². The van der Waals surface area contributed by atoms with Crippen molar-refractivity contribution in [2.75, 3.05) is 31.2 Å². The Bertz CT molecular complexity index is 586. The summed E-state index contributed by atoms with van der Waals surface area (Å²) in [5.41, 5.74) is 2.08. The van der Waals surface area contributed by atoms with Gasteiger partial charge in [-0.15, -0.1) is 0 Å². The van der Waals surface area contributed by atoms with Gasteiger partial charge in [-0.1, -0.05) is 39.0 Å². The van der Waals surface area contributed by atoms with Crippen LogP contribution in [-0.2, 0) is 20.7 Å². The Morgan fingerprint density at radius 1 is 1.36 bits per heavy atom. The first-order valence-corrected chi connectivity index (χ1v) is 9.26. The van der Waals surface area contributed by atoms with E-state index in [0.29, 0.717) is 25.6 Å². The predicted molar refractivity (Wildman–Crippen MR) is 99.6 cm³/mol. The van der Waals surface area contributed by atoms with Gasteiger partial charge in [0.15, 0.2) is 0 Å². The lowest BCUT2D eigenvalue weighted by atomic mass is 10.1. The van der Waals surface area contributed by atoms with Crippen LogP contribution in [0.15, 0.2) is 24.3 Å². The van der Waals surface area contributed by atoms with E-state index in [1.165, 1.54) is 0 Å². The molecule has 5 nitrogen and oxygen atoms in total. The van der Waals surface area contributed by atoms with Crippen LogP contribution in [0.5, 0.6) is 0 Å². The van der Waals surface area contributed by atoms with E-state index in [1.807, 2.05) is 24.3 Å². The maximum Gasteiger partial charge on any atom is 0.227 e. The molecular formula is C20H30N2O3. The van der Waals surface area contributed by atoms with Crippen molar-refractivity contribution in [3.8, 4) is 0 Å². The van der Waals surface area contributed by atoms with Gasteiger partial charge in [-0.25, -0.2) is 0 Å². The number of ether oxygens (including phenoxy) is 1. The molecule has 0 spiro atoms. The molecule has 138 valence electrons. The monoisotopic (exact) mass is 346 g/mol. The van der Waals surface area contributed by atoms with Gasteiger partial charge in [0.1, 0.15) is 0 Å². The zero-order valence-corrected chi connectivity index (χ0v) is 15.6. The highest BCUT2D eigenvalue weighted by Crippen LogP contribution is 2.28. The maximum absolute atomic E-state index is 12.4. The molecule has 1 atom stereocenters. The standard InChI is InChI=1S/C20H30N2O3/c1-4-16-8-5-6-9-18(16)22-13-17(12-19(22)23)20(24)21-10-7-11-25-14-15(2)3/h5-6,8-9,15,17H,4,7,10-14H2,1-3H3,(H,21,24). The number of aryl methyl sites for hydroxylation is 1. The van der Waals surface area contributed by atoms with Crippen molar-refractivity contribution in [3.63, 3.8) is 0 Å². The Labute approximate surface area is 150 Å². The van der Waals surface area contributed by atoms with Crippen LogP contribution >= 0.6 is 0 Å². The Morgan fingerprint density at radius 2 is 2.12 bits per heavy atom.